The Kier molecular flexibility index (Phi) is 2.70. The van der Waals surface area contributed by atoms with E-state index in [0.717, 1.165) is 19.3 Å². The number of hydrogen-bond donors (Lipinski definition) is 2. The van der Waals surface area contributed by atoms with Gasteiger partial charge in [0.2, 0.25) is 0 Å². The molecule has 17 heavy (non-hydrogen) atoms. The third kappa shape index (κ3) is 1.88. The topological polar surface area (TPSA) is 58.9 Å². The third-order valence-corrected chi connectivity index (χ3v) is 5.51. The fourth-order valence-electron chi connectivity index (χ4n) is 1.58. The molecule has 86 valence electrons. The molecule has 3 heterocycles. The van der Waals surface area contributed by atoms with Crippen LogP contribution in [0.4, 0.5) is 0 Å². The molecule has 0 unspecified atom stereocenters. The number of aromatic amines is 1. The minimum atomic E-state index is -0.410. The molecule has 0 spiro atoms. The van der Waals surface area contributed by atoms with Crippen molar-refractivity contribution < 1.29 is 4.79 Å². The van der Waals surface area contributed by atoms with Gasteiger partial charge in [0.05, 0.1) is 19.3 Å². The van der Waals surface area contributed by atoms with Gasteiger partial charge in [-0.15, -0.1) is 22.7 Å². The van der Waals surface area contributed by atoms with E-state index < -0.39 is 5.91 Å². The van der Waals surface area contributed by atoms with Crippen molar-refractivity contribution in [3.05, 3.63) is 34.7 Å². The first-order valence-electron chi connectivity index (χ1n) is 4.86. The summed E-state index contributed by atoms with van der Waals surface area (Å²) in [7, 11) is 0. The maximum absolute atomic E-state index is 11.4. The average Bonchev–Trinajstić information content (AvgIpc) is 2.96. The van der Waals surface area contributed by atoms with Crippen molar-refractivity contribution in [3.63, 3.8) is 0 Å². The lowest BCUT2D eigenvalue weighted by Crippen LogP contribution is -2.12. The minimum Gasteiger partial charge on any atom is -0.364 e. The number of nitrogens with two attached hydrogens (primary N) is 1. The van der Waals surface area contributed by atoms with Gasteiger partial charge in [-0.05, 0) is 22.9 Å². The molecule has 0 aliphatic carbocycles. The summed E-state index contributed by atoms with van der Waals surface area (Å²) >= 11 is 4.86. The summed E-state index contributed by atoms with van der Waals surface area (Å²) in [6.07, 6.45) is 0. The van der Waals surface area contributed by atoms with E-state index >= 15 is 0 Å². The van der Waals surface area contributed by atoms with Gasteiger partial charge in [0, 0.05) is 0 Å². The van der Waals surface area contributed by atoms with E-state index in [4.69, 9.17) is 5.73 Å². The minimum absolute atomic E-state index is 0.410. The first-order valence-corrected chi connectivity index (χ1v) is 7.43. The van der Waals surface area contributed by atoms with Crippen LogP contribution < -0.4 is 5.73 Å². The number of thiophene rings is 2. The van der Waals surface area contributed by atoms with Gasteiger partial charge in [-0.3, -0.25) is 4.79 Å². The summed E-state index contributed by atoms with van der Waals surface area (Å²) in [6, 6.07) is 5.99. The van der Waals surface area contributed by atoms with E-state index in [1.54, 1.807) is 34.4 Å². The van der Waals surface area contributed by atoms with Gasteiger partial charge in [-0.2, -0.15) is 0 Å². The van der Waals surface area contributed by atoms with Crippen molar-refractivity contribution in [3.8, 4) is 0 Å². The van der Waals surface area contributed by atoms with E-state index in [2.05, 4.69) is 4.98 Å². The van der Waals surface area contributed by atoms with E-state index in [1.807, 2.05) is 29.0 Å². The molecule has 1 amide bonds. The summed E-state index contributed by atoms with van der Waals surface area (Å²) in [5, 5.41) is 4.02. The maximum Gasteiger partial charge on any atom is 0.266 e. The molecule has 3 aromatic heterocycles. The molecule has 0 fully saturated rings. The standard InChI is InChI=1S/C11H8N2OS3/c12-11(14)8-10(17-7-2-1-4-15-7)9-6(13-8)3-5-16-9/h1-5,13H,(H2,12,14). The van der Waals surface area contributed by atoms with Crippen molar-refractivity contribution in [2.45, 2.75) is 9.10 Å². The molecule has 0 bridgehead atoms. The van der Waals surface area contributed by atoms with E-state index in [-0.39, 0.29) is 0 Å². The summed E-state index contributed by atoms with van der Waals surface area (Å²) in [6.45, 7) is 0. The first kappa shape index (κ1) is 10.9. The van der Waals surface area contributed by atoms with Gasteiger partial charge < -0.3 is 10.7 Å². The van der Waals surface area contributed by atoms with E-state index in [1.165, 1.54) is 0 Å². The Morgan fingerprint density at radius 2 is 2.18 bits per heavy atom. The first-order chi connectivity index (χ1) is 8.25. The lowest BCUT2D eigenvalue weighted by atomic mass is 10.4. The fourth-order valence-corrected chi connectivity index (χ4v) is 4.51. The summed E-state index contributed by atoms with van der Waals surface area (Å²) in [4.78, 5) is 15.4. The van der Waals surface area contributed by atoms with Crippen LogP contribution in [0.25, 0.3) is 10.2 Å². The van der Waals surface area contributed by atoms with E-state index in [0.29, 0.717) is 5.69 Å². The van der Waals surface area contributed by atoms with Gasteiger partial charge >= 0.3 is 0 Å². The number of carbonyl (C=O) groups is 1. The van der Waals surface area contributed by atoms with E-state index in [9.17, 15) is 4.79 Å². The fraction of sp³-hybridized carbons (Fsp3) is 0. The molecule has 0 atom stereocenters. The number of primary amides is 1. The molecule has 3 nitrogen and oxygen atoms in total. The van der Waals surface area contributed by atoms with Crippen LogP contribution in [0, 0.1) is 0 Å². The largest absolute Gasteiger partial charge is 0.364 e. The van der Waals surface area contributed by atoms with Gasteiger partial charge in [0.25, 0.3) is 5.91 Å². The molecule has 0 aliphatic heterocycles. The van der Waals surface area contributed by atoms with Gasteiger partial charge in [-0.1, -0.05) is 17.8 Å². The quantitative estimate of drug-likeness (QED) is 0.771. The third-order valence-electron chi connectivity index (χ3n) is 2.30. The molecular formula is C11H8N2OS3. The number of amides is 1. The highest BCUT2D eigenvalue weighted by Gasteiger charge is 2.17. The van der Waals surface area contributed by atoms with Crippen LogP contribution in [0.5, 0.6) is 0 Å². The van der Waals surface area contributed by atoms with Gasteiger partial charge in [0.15, 0.2) is 0 Å². The predicted molar refractivity (Wildman–Crippen MR) is 73.1 cm³/mol. The lowest BCUT2D eigenvalue weighted by Gasteiger charge is -1.98. The molecule has 3 rings (SSSR count). The summed E-state index contributed by atoms with van der Waals surface area (Å²) in [5.41, 5.74) is 6.87. The van der Waals surface area contributed by atoms with Crippen LogP contribution >= 0.6 is 34.4 Å². The number of rotatable bonds is 3. The van der Waals surface area contributed by atoms with Crippen molar-refractivity contribution in [1.29, 1.82) is 0 Å². The maximum atomic E-state index is 11.4. The molecule has 0 aliphatic rings. The van der Waals surface area contributed by atoms with Crippen molar-refractivity contribution in [2.75, 3.05) is 0 Å². The normalized spacial score (nSPS) is 11.1. The highest BCUT2D eigenvalue weighted by Crippen LogP contribution is 2.40. The SMILES string of the molecule is NC(=O)c1[nH]c2ccsc2c1Sc1cccs1. The summed E-state index contributed by atoms with van der Waals surface area (Å²) in [5.74, 6) is -0.410. The van der Waals surface area contributed by atoms with Crippen LogP contribution in [-0.2, 0) is 0 Å². The highest BCUT2D eigenvalue weighted by atomic mass is 32.2. The van der Waals surface area contributed by atoms with Crippen molar-refractivity contribution in [1.82, 2.24) is 4.98 Å². The number of hydrogen-bond acceptors (Lipinski definition) is 4. The van der Waals surface area contributed by atoms with Crippen molar-refractivity contribution in [2.24, 2.45) is 5.73 Å². The molecule has 3 aromatic rings. The number of nitrogens with one attached hydrogen (secondary N) is 1. The number of carbonyl (C=O) groups excluding carboxylic acids is 1. The Morgan fingerprint density at radius 3 is 2.88 bits per heavy atom. The summed E-state index contributed by atoms with van der Waals surface area (Å²) < 4.78 is 2.25. The average molecular weight is 280 g/mol. The number of aromatic nitrogens is 1. The second-order valence-electron chi connectivity index (χ2n) is 3.39. The smallest absolute Gasteiger partial charge is 0.266 e. The van der Waals surface area contributed by atoms with Gasteiger partial charge in [0.1, 0.15) is 5.69 Å². The predicted octanol–water partition coefficient (Wildman–Crippen LogP) is 3.54. The van der Waals surface area contributed by atoms with Crippen LogP contribution in [0.3, 0.4) is 0 Å². The Hall–Kier alpha value is -1.24. The monoisotopic (exact) mass is 280 g/mol. The number of H-pyrrole nitrogens is 1. The molecule has 0 aromatic carbocycles. The highest BCUT2D eigenvalue weighted by molar-refractivity contribution is 8.01. The lowest BCUT2D eigenvalue weighted by molar-refractivity contribution is 0.0993. The number of fused-ring (bicyclic) bond motifs is 1. The molecular weight excluding hydrogens is 272 g/mol. The van der Waals surface area contributed by atoms with Crippen LogP contribution in [0.15, 0.2) is 38.1 Å². The van der Waals surface area contributed by atoms with Crippen molar-refractivity contribution >= 4 is 50.6 Å². The van der Waals surface area contributed by atoms with Crippen LogP contribution in [0.2, 0.25) is 0 Å². The Morgan fingerprint density at radius 1 is 1.29 bits per heavy atom. The zero-order chi connectivity index (χ0) is 11.8. The molecule has 6 heteroatoms. The zero-order valence-electron chi connectivity index (χ0n) is 8.60. The Balaban J connectivity index is 2.14. The zero-order valence-corrected chi connectivity index (χ0v) is 11.0. The Labute approximate surface area is 110 Å². The molecule has 0 saturated heterocycles. The Bertz CT molecular complexity index is 666. The second-order valence-corrected chi connectivity index (χ2v) is 6.57. The molecule has 0 saturated carbocycles. The van der Waals surface area contributed by atoms with Crippen LogP contribution in [-0.4, -0.2) is 10.9 Å². The van der Waals surface area contributed by atoms with Crippen LogP contribution in [0.1, 0.15) is 10.5 Å². The van der Waals surface area contributed by atoms with Gasteiger partial charge in [-0.25, -0.2) is 0 Å². The molecule has 0 radical (unpaired) electrons. The molecule has 3 N–H and O–H groups in total. The second kappa shape index (κ2) is 4.21.